The minimum atomic E-state index is -4.65. The Balaban J connectivity index is 1.47. The lowest BCUT2D eigenvalue weighted by Crippen LogP contribution is -2.33. The molecule has 0 saturated carbocycles. The van der Waals surface area contributed by atoms with E-state index >= 15 is 0 Å². The number of ether oxygens (including phenoxy) is 3. The molecule has 0 radical (unpaired) electrons. The maximum absolute atomic E-state index is 13.5. The van der Waals surface area contributed by atoms with Crippen LogP contribution >= 0.6 is 0 Å². The van der Waals surface area contributed by atoms with Gasteiger partial charge in [-0.05, 0) is 91.8 Å². The third-order valence-corrected chi connectivity index (χ3v) is 7.61. The summed E-state index contributed by atoms with van der Waals surface area (Å²) in [4.78, 5) is 25.2. The molecular formula is C38H45F3O5. The van der Waals surface area contributed by atoms with Crippen LogP contribution in [0.2, 0.25) is 0 Å². The standard InChI is InChI=1S/C38H45F3O5/c1-3-5-7-9-11-13-15-35(38(39,40)41)46-37(43)32-22-26-34(27-23-32)45-36(42)31-18-16-29(17-19-31)30-20-24-33(25-21-30)44-28-14-12-10-8-6-4-2/h4,16-27,35H,2-3,5-15,28H2,1H3. The first-order chi connectivity index (χ1) is 22.2. The van der Waals surface area contributed by atoms with Crippen LogP contribution in [-0.4, -0.2) is 30.8 Å². The summed E-state index contributed by atoms with van der Waals surface area (Å²) in [5.74, 6) is -0.720. The van der Waals surface area contributed by atoms with E-state index in [2.05, 4.69) is 13.5 Å². The molecule has 1 unspecified atom stereocenters. The molecule has 248 valence electrons. The molecule has 46 heavy (non-hydrogen) atoms. The van der Waals surface area contributed by atoms with Crippen LogP contribution in [0.1, 0.15) is 105 Å². The Labute approximate surface area is 270 Å². The van der Waals surface area contributed by atoms with Crippen LogP contribution in [-0.2, 0) is 4.74 Å². The summed E-state index contributed by atoms with van der Waals surface area (Å²) in [7, 11) is 0. The highest BCUT2D eigenvalue weighted by Gasteiger charge is 2.42. The van der Waals surface area contributed by atoms with E-state index in [4.69, 9.17) is 14.2 Å². The number of esters is 2. The number of rotatable bonds is 20. The van der Waals surface area contributed by atoms with Gasteiger partial charge >= 0.3 is 18.1 Å². The second-order valence-electron chi connectivity index (χ2n) is 11.3. The molecule has 0 heterocycles. The van der Waals surface area contributed by atoms with E-state index in [0.717, 1.165) is 68.2 Å². The van der Waals surface area contributed by atoms with Gasteiger partial charge < -0.3 is 14.2 Å². The second-order valence-corrected chi connectivity index (χ2v) is 11.3. The monoisotopic (exact) mass is 638 g/mol. The van der Waals surface area contributed by atoms with Crippen molar-refractivity contribution < 1.29 is 37.0 Å². The van der Waals surface area contributed by atoms with Gasteiger partial charge in [-0.15, -0.1) is 6.58 Å². The Morgan fingerprint density at radius 2 is 1.22 bits per heavy atom. The molecule has 3 rings (SSSR count). The zero-order valence-electron chi connectivity index (χ0n) is 26.7. The van der Waals surface area contributed by atoms with Crippen LogP contribution in [0, 0.1) is 0 Å². The molecule has 0 aromatic heterocycles. The molecule has 8 heteroatoms. The van der Waals surface area contributed by atoms with E-state index in [0.29, 0.717) is 25.0 Å². The SMILES string of the molecule is C=CCCCCCCOc1ccc(-c2ccc(C(=O)Oc3ccc(C(=O)OC(CCCCCCCC)C(F)(F)F)cc3)cc2)cc1. The lowest BCUT2D eigenvalue weighted by atomic mass is 10.0. The van der Waals surface area contributed by atoms with E-state index in [9.17, 15) is 22.8 Å². The first kappa shape index (κ1) is 36.4. The number of halogens is 3. The van der Waals surface area contributed by atoms with E-state index in [1.807, 2.05) is 42.5 Å². The summed E-state index contributed by atoms with van der Waals surface area (Å²) in [5, 5.41) is 0. The number of carbonyl (C=O) groups excluding carboxylic acids is 2. The Morgan fingerprint density at radius 1 is 0.696 bits per heavy atom. The van der Waals surface area contributed by atoms with Crippen molar-refractivity contribution in [1.29, 1.82) is 0 Å². The third kappa shape index (κ3) is 12.7. The highest BCUT2D eigenvalue weighted by atomic mass is 19.4. The average Bonchev–Trinajstić information content (AvgIpc) is 3.05. The zero-order valence-corrected chi connectivity index (χ0v) is 26.7. The number of alkyl halides is 3. The first-order valence-corrected chi connectivity index (χ1v) is 16.3. The minimum Gasteiger partial charge on any atom is -0.494 e. The Bertz CT molecular complexity index is 1330. The molecule has 1 atom stereocenters. The van der Waals surface area contributed by atoms with Crippen LogP contribution in [0.5, 0.6) is 11.5 Å². The average molecular weight is 639 g/mol. The van der Waals surface area contributed by atoms with E-state index in [-0.39, 0.29) is 17.7 Å². The molecular weight excluding hydrogens is 593 g/mol. The van der Waals surface area contributed by atoms with Gasteiger partial charge in [0.25, 0.3) is 0 Å². The molecule has 3 aromatic rings. The molecule has 0 spiro atoms. The van der Waals surface area contributed by atoms with Gasteiger partial charge in [0.1, 0.15) is 11.5 Å². The van der Waals surface area contributed by atoms with Gasteiger partial charge in [-0.25, -0.2) is 9.59 Å². The number of hydrogen-bond donors (Lipinski definition) is 0. The number of carbonyl (C=O) groups is 2. The molecule has 0 amide bonds. The fourth-order valence-electron chi connectivity index (χ4n) is 4.90. The van der Waals surface area contributed by atoms with Crippen LogP contribution < -0.4 is 9.47 Å². The fraction of sp³-hybridized carbons (Fsp3) is 0.421. The minimum absolute atomic E-state index is 0.0583. The van der Waals surface area contributed by atoms with Crippen molar-refractivity contribution in [2.24, 2.45) is 0 Å². The van der Waals surface area contributed by atoms with Crippen molar-refractivity contribution in [3.05, 3.63) is 96.6 Å². The summed E-state index contributed by atoms with van der Waals surface area (Å²) in [6, 6.07) is 20.0. The van der Waals surface area contributed by atoms with E-state index in [1.165, 1.54) is 30.7 Å². The summed E-state index contributed by atoms with van der Waals surface area (Å²) in [5.41, 5.74) is 2.15. The highest BCUT2D eigenvalue weighted by Crippen LogP contribution is 2.29. The molecule has 0 saturated heterocycles. The van der Waals surface area contributed by atoms with Gasteiger partial charge in [0.15, 0.2) is 6.10 Å². The Hall–Kier alpha value is -4.07. The van der Waals surface area contributed by atoms with Crippen LogP contribution in [0.4, 0.5) is 13.2 Å². The summed E-state index contributed by atoms with van der Waals surface area (Å²) in [6.45, 7) is 6.49. The van der Waals surface area contributed by atoms with Crippen LogP contribution in [0.3, 0.4) is 0 Å². The highest BCUT2D eigenvalue weighted by molar-refractivity contribution is 5.92. The molecule has 0 aliphatic carbocycles. The second kappa shape index (κ2) is 19.4. The number of benzene rings is 3. The Morgan fingerprint density at radius 3 is 1.85 bits per heavy atom. The first-order valence-electron chi connectivity index (χ1n) is 16.3. The number of hydrogen-bond acceptors (Lipinski definition) is 5. The zero-order chi connectivity index (χ0) is 33.2. The quantitative estimate of drug-likeness (QED) is 0.0533. The van der Waals surface area contributed by atoms with Crippen molar-refractivity contribution in [1.82, 2.24) is 0 Å². The molecule has 0 N–H and O–H groups in total. The lowest BCUT2D eigenvalue weighted by molar-refractivity contribution is -0.206. The number of unbranched alkanes of at least 4 members (excludes halogenated alkanes) is 9. The topological polar surface area (TPSA) is 61.8 Å². The normalized spacial score (nSPS) is 11.9. The van der Waals surface area contributed by atoms with Crippen molar-refractivity contribution >= 4 is 11.9 Å². The van der Waals surface area contributed by atoms with Crippen molar-refractivity contribution in [2.75, 3.05) is 6.61 Å². The molecule has 0 aliphatic rings. The lowest BCUT2D eigenvalue weighted by Gasteiger charge is -2.20. The van der Waals surface area contributed by atoms with Gasteiger partial charge in [0.05, 0.1) is 17.7 Å². The van der Waals surface area contributed by atoms with Crippen molar-refractivity contribution in [3.8, 4) is 22.6 Å². The molecule has 0 aliphatic heterocycles. The molecule has 0 bridgehead atoms. The predicted molar refractivity (Wildman–Crippen MR) is 175 cm³/mol. The molecule has 5 nitrogen and oxygen atoms in total. The van der Waals surface area contributed by atoms with E-state index < -0.39 is 24.2 Å². The smallest absolute Gasteiger partial charge is 0.425 e. The van der Waals surface area contributed by atoms with Gasteiger partial charge in [-0.1, -0.05) is 82.2 Å². The van der Waals surface area contributed by atoms with Gasteiger partial charge in [0.2, 0.25) is 0 Å². The van der Waals surface area contributed by atoms with Gasteiger partial charge in [-0.3, -0.25) is 0 Å². The van der Waals surface area contributed by atoms with Gasteiger partial charge in [0, 0.05) is 0 Å². The largest absolute Gasteiger partial charge is 0.494 e. The predicted octanol–water partition coefficient (Wildman–Crippen LogP) is 10.9. The number of allylic oxidation sites excluding steroid dienone is 1. The maximum atomic E-state index is 13.5. The summed E-state index contributed by atoms with van der Waals surface area (Å²) in [6.07, 6.45) is 5.34. The van der Waals surface area contributed by atoms with Crippen LogP contribution in [0.25, 0.3) is 11.1 Å². The van der Waals surface area contributed by atoms with Gasteiger partial charge in [-0.2, -0.15) is 13.2 Å². The summed E-state index contributed by atoms with van der Waals surface area (Å²) < 4.78 is 56.5. The summed E-state index contributed by atoms with van der Waals surface area (Å²) >= 11 is 0. The Kier molecular flexibility index (Phi) is 15.4. The maximum Gasteiger partial charge on any atom is 0.425 e. The molecule has 0 fully saturated rings. The van der Waals surface area contributed by atoms with Crippen LogP contribution in [0.15, 0.2) is 85.5 Å². The third-order valence-electron chi connectivity index (χ3n) is 7.61. The molecule has 3 aromatic carbocycles. The van der Waals surface area contributed by atoms with Crippen molar-refractivity contribution in [3.63, 3.8) is 0 Å². The fourth-order valence-corrected chi connectivity index (χ4v) is 4.90. The van der Waals surface area contributed by atoms with Crippen molar-refractivity contribution in [2.45, 2.75) is 96.3 Å². The van der Waals surface area contributed by atoms with E-state index in [1.54, 1.807) is 12.1 Å².